The number of carbonyl (C=O) groups excluding carboxylic acids is 1. The van der Waals surface area contributed by atoms with Gasteiger partial charge in [0.2, 0.25) is 5.91 Å². The van der Waals surface area contributed by atoms with Crippen LogP contribution in [0.3, 0.4) is 0 Å². The number of methoxy groups -OCH3 is 3. The standard InChI is InChI=1S/C21H27ClN2O4/c1-13-9-19(27-5)20(28-6)10-15(13)12-24(3)14(2)21(25)23-17-11-16(22)7-8-18(17)26-4/h7-11,14H,12H2,1-6H3,(H,23,25)/t14-/m1/s1. The predicted molar refractivity (Wildman–Crippen MR) is 112 cm³/mol. The smallest absolute Gasteiger partial charge is 0.241 e. The molecule has 0 aromatic heterocycles. The fraction of sp³-hybridized carbons (Fsp3) is 0.381. The van der Waals surface area contributed by atoms with Gasteiger partial charge in [0.15, 0.2) is 11.5 Å². The van der Waals surface area contributed by atoms with Crippen LogP contribution in [0.15, 0.2) is 30.3 Å². The Morgan fingerprint density at radius 2 is 1.68 bits per heavy atom. The summed E-state index contributed by atoms with van der Waals surface area (Å²) in [5.41, 5.74) is 2.66. The number of nitrogens with one attached hydrogen (secondary N) is 1. The molecule has 0 saturated carbocycles. The van der Waals surface area contributed by atoms with Gasteiger partial charge in [-0.1, -0.05) is 11.6 Å². The van der Waals surface area contributed by atoms with Gasteiger partial charge in [0, 0.05) is 11.6 Å². The number of benzene rings is 2. The maximum Gasteiger partial charge on any atom is 0.241 e. The molecule has 0 aliphatic rings. The highest BCUT2D eigenvalue weighted by atomic mass is 35.5. The summed E-state index contributed by atoms with van der Waals surface area (Å²) in [7, 11) is 6.67. The Morgan fingerprint density at radius 3 is 2.29 bits per heavy atom. The number of halogens is 1. The maximum atomic E-state index is 12.7. The van der Waals surface area contributed by atoms with Crippen LogP contribution in [-0.2, 0) is 11.3 Å². The molecule has 1 amide bonds. The summed E-state index contributed by atoms with van der Waals surface area (Å²) in [6, 6.07) is 8.60. The summed E-state index contributed by atoms with van der Waals surface area (Å²) >= 11 is 6.04. The highest BCUT2D eigenvalue weighted by Crippen LogP contribution is 2.31. The molecule has 1 atom stereocenters. The minimum Gasteiger partial charge on any atom is -0.495 e. The van der Waals surface area contributed by atoms with Crippen molar-refractivity contribution < 1.29 is 19.0 Å². The second-order valence-electron chi connectivity index (χ2n) is 6.56. The highest BCUT2D eigenvalue weighted by Gasteiger charge is 2.21. The van der Waals surface area contributed by atoms with Crippen LogP contribution in [0.4, 0.5) is 5.69 Å². The Morgan fingerprint density at radius 1 is 1.07 bits per heavy atom. The third-order valence-corrected chi connectivity index (χ3v) is 4.96. The van der Waals surface area contributed by atoms with E-state index in [2.05, 4.69) is 5.32 Å². The predicted octanol–water partition coefficient (Wildman–Crippen LogP) is 4.13. The molecule has 0 saturated heterocycles. The molecule has 2 rings (SSSR count). The minimum atomic E-state index is -0.379. The number of hydrogen-bond donors (Lipinski definition) is 1. The van der Waals surface area contributed by atoms with E-state index in [9.17, 15) is 4.79 Å². The van der Waals surface area contributed by atoms with E-state index < -0.39 is 0 Å². The molecule has 0 spiro atoms. The van der Waals surface area contributed by atoms with Crippen molar-refractivity contribution in [3.05, 3.63) is 46.5 Å². The second kappa shape index (κ2) is 9.66. The number of hydrogen-bond acceptors (Lipinski definition) is 5. The third kappa shape index (κ3) is 5.09. The summed E-state index contributed by atoms with van der Waals surface area (Å²) in [5.74, 6) is 1.76. The monoisotopic (exact) mass is 406 g/mol. The molecule has 0 aliphatic heterocycles. The van der Waals surface area contributed by atoms with Crippen molar-refractivity contribution in [3.8, 4) is 17.2 Å². The first-order valence-corrected chi connectivity index (χ1v) is 9.24. The Balaban J connectivity index is 2.13. The summed E-state index contributed by atoms with van der Waals surface area (Å²) in [6.07, 6.45) is 0. The molecule has 2 aromatic carbocycles. The van der Waals surface area contributed by atoms with E-state index >= 15 is 0 Å². The van der Waals surface area contributed by atoms with Crippen molar-refractivity contribution in [3.63, 3.8) is 0 Å². The van der Waals surface area contributed by atoms with Crippen LogP contribution in [0.2, 0.25) is 5.02 Å². The van der Waals surface area contributed by atoms with Crippen molar-refractivity contribution in [2.24, 2.45) is 0 Å². The van der Waals surface area contributed by atoms with E-state index in [1.165, 1.54) is 0 Å². The van der Waals surface area contributed by atoms with Crippen molar-refractivity contribution in [1.82, 2.24) is 4.90 Å². The van der Waals surface area contributed by atoms with Gasteiger partial charge in [-0.2, -0.15) is 0 Å². The lowest BCUT2D eigenvalue weighted by Crippen LogP contribution is -2.39. The number of anilines is 1. The van der Waals surface area contributed by atoms with Crippen LogP contribution in [-0.4, -0.2) is 45.2 Å². The van der Waals surface area contributed by atoms with Crippen LogP contribution in [0.25, 0.3) is 0 Å². The minimum absolute atomic E-state index is 0.152. The molecular weight excluding hydrogens is 380 g/mol. The molecule has 7 heteroatoms. The van der Waals surface area contributed by atoms with Gasteiger partial charge in [0.1, 0.15) is 5.75 Å². The topological polar surface area (TPSA) is 60.0 Å². The van der Waals surface area contributed by atoms with Crippen molar-refractivity contribution in [2.75, 3.05) is 33.7 Å². The molecule has 1 N–H and O–H groups in total. The van der Waals surface area contributed by atoms with Gasteiger partial charge in [-0.25, -0.2) is 0 Å². The van der Waals surface area contributed by atoms with E-state index in [4.69, 9.17) is 25.8 Å². The molecule has 0 aliphatic carbocycles. The van der Waals surface area contributed by atoms with E-state index in [0.29, 0.717) is 34.5 Å². The van der Waals surface area contributed by atoms with Gasteiger partial charge < -0.3 is 19.5 Å². The number of carbonyl (C=O) groups is 1. The summed E-state index contributed by atoms with van der Waals surface area (Å²) < 4.78 is 16.0. The molecule has 0 heterocycles. The van der Waals surface area contributed by atoms with Gasteiger partial charge in [-0.3, -0.25) is 9.69 Å². The molecule has 0 bridgehead atoms. The van der Waals surface area contributed by atoms with E-state index in [1.807, 2.05) is 37.9 Å². The SMILES string of the molecule is COc1ccc(Cl)cc1NC(=O)[C@@H](C)N(C)Cc1cc(OC)c(OC)cc1C. The average molecular weight is 407 g/mol. The molecule has 28 heavy (non-hydrogen) atoms. The van der Waals surface area contributed by atoms with Crippen LogP contribution in [0.1, 0.15) is 18.1 Å². The molecular formula is C21H27ClN2O4. The van der Waals surface area contributed by atoms with Gasteiger partial charge in [-0.15, -0.1) is 0 Å². The average Bonchev–Trinajstić information content (AvgIpc) is 2.68. The second-order valence-corrected chi connectivity index (χ2v) is 7.00. The molecule has 0 unspecified atom stereocenters. The molecule has 2 aromatic rings. The van der Waals surface area contributed by atoms with Crippen LogP contribution < -0.4 is 19.5 Å². The molecule has 6 nitrogen and oxygen atoms in total. The zero-order valence-electron chi connectivity index (χ0n) is 17.1. The Bertz CT molecular complexity index is 841. The summed E-state index contributed by atoms with van der Waals surface area (Å²) in [6.45, 7) is 4.43. The van der Waals surface area contributed by atoms with Gasteiger partial charge in [0.05, 0.1) is 33.1 Å². The van der Waals surface area contributed by atoms with Crippen LogP contribution in [0.5, 0.6) is 17.2 Å². The number of nitrogens with zero attached hydrogens (tertiary/aromatic N) is 1. The van der Waals surface area contributed by atoms with E-state index in [-0.39, 0.29) is 11.9 Å². The molecule has 0 radical (unpaired) electrons. The largest absolute Gasteiger partial charge is 0.495 e. The van der Waals surface area contributed by atoms with Gasteiger partial charge >= 0.3 is 0 Å². The van der Waals surface area contributed by atoms with Crippen molar-refractivity contribution >= 4 is 23.2 Å². The quantitative estimate of drug-likeness (QED) is 0.714. The Labute approximate surface area is 171 Å². The highest BCUT2D eigenvalue weighted by molar-refractivity contribution is 6.31. The lowest BCUT2D eigenvalue weighted by Gasteiger charge is -2.25. The Hall–Kier alpha value is -2.44. The number of amides is 1. The zero-order chi connectivity index (χ0) is 20.8. The van der Waals surface area contributed by atoms with Crippen molar-refractivity contribution in [2.45, 2.75) is 26.4 Å². The number of aryl methyl sites for hydroxylation is 1. The van der Waals surface area contributed by atoms with Crippen molar-refractivity contribution in [1.29, 1.82) is 0 Å². The summed E-state index contributed by atoms with van der Waals surface area (Å²) in [4.78, 5) is 14.7. The lowest BCUT2D eigenvalue weighted by atomic mass is 10.1. The molecule has 152 valence electrons. The lowest BCUT2D eigenvalue weighted by molar-refractivity contribution is -0.120. The summed E-state index contributed by atoms with van der Waals surface area (Å²) in [5, 5.41) is 3.42. The fourth-order valence-corrected chi connectivity index (χ4v) is 2.99. The third-order valence-electron chi connectivity index (χ3n) is 4.72. The van der Waals surface area contributed by atoms with E-state index in [1.54, 1.807) is 39.5 Å². The molecule has 0 fully saturated rings. The van der Waals surface area contributed by atoms with Gasteiger partial charge in [-0.05, 0) is 62.4 Å². The first-order valence-electron chi connectivity index (χ1n) is 8.86. The fourth-order valence-electron chi connectivity index (χ4n) is 2.81. The zero-order valence-corrected chi connectivity index (χ0v) is 17.9. The van der Waals surface area contributed by atoms with Crippen LogP contribution in [0, 0.1) is 6.92 Å². The van der Waals surface area contributed by atoms with Crippen LogP contribution >= 0.6 is 11.6 Å². The number of likely N-dealkylation sites (N-methyl/N-ethyl adjacent to an activating group) is 1. The van der Waals surface area contributed by atoms with Gasteiger partial charge in [0.25, 0.3) is 0 Å². The normalized spacial score (nSPS) is 11.9. The first-order chi connectivity index (χ1) is 13.3. The number of ether oxygens (including phenoxy) is 3. The Kier molecular flexibility index (Phi) is 7.54. The first kappa shape index (κ1) is 21.9. The number of rotatable bonds is 8. The maximum absolute atomic E-state index is 12.7. The van der Waals surface area contributed by atoms with E-state index in [0.717, 1.165) is 11.1 Å².